The minimum absolute atomic E-state index is 0.00484. The van der Waals surface area contributed by atoms with Crippen molar-refractivity contribution in [2.24, 2.45) is 0 Å². The van der Waals surface area contributed by atoms with Crippen molar-refractivity contribution in [3.05, 3.63) is 29.6 Å². The van der Waals surface area contributed by atoms with Crippen LogP contribution in [0.5, 0.6) is 0 Å². The first-order valence-electron chi connectivity index (χ1n) is 5.94. The van der Waals surface area contributed by atoms with Crippen molar-refractivity contribution in [2.75, 3.05) is 6.54 Å². The molecule has 0 fully saturated rings. The summed E-state index contributed by atoms with van der Waals surface area (Å²) >= 11 is 0. The SMILES string of the molecule is CC(C)(C)OC(=O)NCCc1cccc(C(=O)O)n1. The van der Waals surface area contributed by atoms with E-state index in [-0.39, 0.29) is 5.69 Å². The lowest BCUT2D eigenvalue weighted by atomic mass is 10.2. The molecule has 0 aromatic carbocycles. The van der Waals surface area contributed by atoms with Gasteiger partial charge in [-0.15, -0.1) is 0 Å². The van der Waals surface area contributed by atoms with Gasteiger partial charge >= 0.3 is 12.1 Å². The van der Waals surface area contributed by atoms with Crippen LogP contribution in [0.15, 0.2) is 18.2 Å². The predicted molar refractivity (Wildman–Crippen MR) is 69.1 cm³/mol. The maximum atomic E-state index is 11.4. The van der Waals surface area contributed by atoms with E-state index >= 15 is 0 Å². The topological polar surface area (TPSA) is 88.5 Å². The van der Waals surface area contributed by atoms with E-state index in [0.29, 0.717) is 18.7 Å². The molecule has 0 aliphatic heterocycles. The monoisotopic (exact) mass is 266 g/mol. The standard InChI is InChI=1S/C13H18N2O4/c1-13(2,3)19-12(18)14-8-7-9-5-4-6-10(15-9)11(16)17/h4-6H,7-8H2,1-3H3,(H,14,18)(H,16,17). The fourth-order valence-electron chi connectivity index (χ4n) is 1.34. The number of aromatic nitrogens is 1. The van der Waals surface area contributed by atoms with Crippen LogP contribution in [0.1, 0.15) is 37.0 Å². The molecule has 1 amide bonds. The van der Waals surface area contributed by atoms with E-state index < -0.39 is 17.7 Å². The van der Waals surface area contributed by atoms with Gasteiger partial charge < -0.3 is 15.2 Å². The summed E-state index contributed by atoms with van der Waals surface area (Å²) in [6.07, 6.45) is -0.0534. The molecule has 0 atom stereocenters. The van der Waals surface area contributed by atoms with Crippen molar-refractivity contribution in [1.82, 2.24) is 10.3 Å². The van der Waals surface area contributed by atoms with Gasteiger partial charge in [0.25, 0.3) is 0 Å². The maximum Gasteiger partial charge on any atom is 0.407 e. The van der Waals surface area contributed by atoms with E-state index in [0.717, 1.165) is 0 Å². The molecule has 0 spiro atoms. The highest BCUT2D eigenvalue weighted by molar-refractivity contribution is 5.85. The van der Waals surface area contributed by atoms with Crippen LogP contribution in [0, 0.1) is 0 Å². The number of nitrogens with zero attached hydrogens (tertiary/aromatic N) is 1. The summed E-state index contributed by atoms with van der Waals surface area (Å²) in [6, 6.07) is 4.76. The van der Waals surface area contributed by atoms with Crippen LogP contribution in [0.2, 0.25) is 0 Å². The highest BCUT2D eigenvalue weighted by Crippen LogP contribution is 2.06. The van der Waals surface area contributed by atoms with Gasteiger partial charge in [0.2, 0.25) is 0 Å². The third-order valence-electron chi connectivity index (χ3n) is 2.08. The van der Waals surface area contributed by atoms with Crippen molar-refractivity contribution < 1.29 is 19.4 Å². The first-order valence-corrected chi connectivity index (χ1v) is 5.94. The number of aromatic carboxylic acids is 1. The molecule has 6 heteroatoms. The van der Waals surface area contributed by atoms with Gasteiger partial charge in [0.15, 0.2) is 0 Å². The second kappa shape index (κ2) is 6.17. The van der Waals surface area contributed by atoms with E-state index in [9.17, 15) is 9.59 Å². The van der Waals surface area contributed by atoms with Crippen LogP contribution < -0.4 is 5.32 Å². The molecule has 2 N–H and O–H groups in total. The zero-order chi connectivity index (χ0) is 14.5. The second-order valence-corrected chi connectivity index (χ2v) is 5.00. The number of carbonyl (C=O) groups excluding carboxylic acids is 1. The number of amides is 1. The average Bonchev–Trinajstić information content (AvgIpc) is 2.27. The van der Waals surface area contributed by atoms with Gasteiger partial charge in [-0.05, 0) is 32.9 Å². The number of pyridine rings is 1. The molecule has 0 radical (unpaired) electrons. The molecule has 1 rings (SSSR count). The van der Waals surface area contributed by atoms with Gasteiger partial charge in [-0.1, -0.05) is 6.07 Å². The first kappa shape index (κ1) is 14.9. The van der Waals surface area contributed by atoms with Gasteiger partial charge in [-0.2, -0.15) is 0 Å². The summed E-state index contributed by atoms with van der Waals surface area (Å²) < 4.78 is 5.07. The molecule has 0 saturated heterocycles. The maximum absolute atomic E-state index is 11.4. The number of rotatable bonds is 4. The van der Waals surface area contributed by atoms with Crippen LogP contribution in [0.25, 0.3) is 0 Å². The predicted octanol–water partition coefficient (Wildman–Crippen LogP) is 1.85. The highest BCUT2D eigenvalue weighted by Gasteiger charge is 2.15. The molecule has 0 aliphatic carbocycles. The van der Waals surface area contributed by atoms with Crippen molar-refractivity contribution in [2.45, 2.75) is 32.8 Å². The molecule has 1 aromatic heterocycles. The molecular weight excluding hydrogens is 248 g/mol. The quantitative estimate of drug-likeness (QED) is 0.868. The number of hydrogen-bond acceptors (Lipinski definition) is 4. The highest BCUT2D eigenvalue weighted by atomic mass is 16.6. The third-order valence-corrected chi connectivity index (χ3v) is 2.08. The summed E-state index contributed by atoms with van der Waals surface area (Å²) in [5, 5.41) is 11.4. The number of nitrogens with one attached hydrogen (secondary N) is 1. The molecule has 0 aliphatic rings. The van der Waals surface area contributed by atoms with Crippen molar-refractivity contribution in [3.8, 4) is 0 Å². The van der Waals surface area contributed by atoms with Gasteiger partial charge in [-0.25, -0.2) is 14.6 Å². The Bertz CT molecular complexity index is 466. The van der Waals surface area contributed by atoms with Crippen LogP contribution in [-0.2, 0) is 11.2 Å². The average molecular weight is 266 g/mol. The third kappa shape index (κ3) is 5.85. The van der Waals surface area contributed by atoms with Gasteiger partial charge in [0.1, 0.15) is 11.3 Å². The molecule has 6 nitrogen and oxygen atoms in total. The van der Waals surface area contributed by atoms with Crippen LogP contribution in [0.4, 0.5) is 4.79 Å². The first-order chi connectivity index (χ1) is 8.78. The van der Waals surface area contributed by atoms with Crippen molar-refractivity contribution in [3.63, 3.8) is 0 Å². The number of carbonyl (C=O) groups is 2. The largest absolute Gasteiger partial charge is 0.477 e. The summed E-state index contributed by atoms with van der Waals surface area (Å²) in [4.78, 5) is 26.1. The van der Waals surface area contributed by atoms with Crippen LogP contribution >= 0.6 is 0 Å². The lowest BCUT2D eigenvalue weighted by Gasteiger charge is -2.19. The van der Waals surface area contributed by atoms with Gasteiger partial charge in [0, 0.05) is 18.7 Å². The van der Waals surface area contributed by atoms with Gasteiger partial charge in [0.05, 0.1) is 0 Å². The Labute approximate surface area is 111 Å². The minimum Gasteiger partial charge on any atom is -0.477 e. The van der Waals surface area contributed by atoms with Gasteiger partial charge in [-0.3, -0.25) is 0 Å². The lowest BCUT2D eigenvalue weighted by molar-refractivity contribution is 0.0527. The van der Waals surface area contributed by atoms with Crippen LogP contribution in [0.3, 0.4) is 0 Å². The Balaban J connectivity index is 2.43. The van der Waals surface area contributed by atoms with Crippen LogP contribution in [-0.4, -0.2) is 34.3 Å². The van der Waals surface area contributed by atoms with E-state index in [1.807, 2.05) is 0 Å². The zero-order valence-corrected chi connectivity index (χ0v) is 11.3. The minimum atomic E-state index is -1.07. The summed E-state index contributed by atoms with van der Waals surface area (Å²) in [5.74, 6) is -1.07. The van der Waals surface area contributed by atoms with Crippen molar-refractivity contribution in [1.29, 1.82) is 0 Å². The Morgan fingerprint density at radius 1 is 1.37 bits per heavy atom. The smallest absolute Gasteiger partial charge is 0.407 e. The van der Waals surface area contributed by atoms with E-state index in [2.05, 4.69) is 10.3 Å². The molecular formula is C13H18N2O4. The van der Waals surface area contributed by atoms with E-state index in [4.69, 9.17) is 9.84 Å². The summed E-state index contributed by atoms with van der Waals surface area (Å²) in [6.45, 7) is 5.68. The molecule has 104 valence electrons. The molecule has 0 saturated carbocycles. The summed E-state index contributed by atoms with van der Waals surface area (Å²) in [5.41, 5.74) is 0.0664. The Morgan fingerprint density at radius 2 is 2.05 bits per heavy atom. The molecule has 0 unspecified atom stereocenters. The molecule has 0 bridgehead atoms. The number of carboxylic acid groups (broad SMARTS) is 1. The second-order valence-electron chi connectivity index (χ2n) is 5.00. The fraction of sp³-hybridized carbons (Fsp3) is 0.462. The number of alkyl carbamates (subject to hydrolysis) is 1. The normalized spacial score (nSPS) is 10.9. The van der Waals surface area contributed by atoms with E-state index in [1.54, 1.807) is 32.9 Å². The Morgan fingerprint density at radius 3 is 2.63 bits per heavy atom. The Kier molecular flexibility index (Phi) is 4.86. The summed E-state index contributed by atoms with van der Waals surface area (Å²) in [7, 11) is 0. The van der Waals surface area contributed by atoms with Crippen molar-refractivity contribution >= 4 is 12.1 Å². The molecule has 19 heavy (non-hydrogen) atoms. The molecule has 1 heterocycles. The fourth-order valence-corrected chi connectivity index (χ4v) is 1.34. The number of ether oxygens (including phenoxy) is 1. The molecule has 1 aromatic rings. The lowest BCUT2D eigenvalue weighted by Crippen LogP contribution is -2.33. The number of hydrogen-bond donors (Lipinski definition) is 2. The zero-order valence-electron chi connectivity index (χ0n) is 11.3. The van der Waals surface area contributed by atoms with E-state index in [1.165, 1.54) is 6.07 Å². The Hall–Kier alpha value is -2.11. The number of carboxylic acids is 1.